The van der Waals surface area contributed by atoms with Gasteiger partial charge < -0.3 is 20.0 Å². The van der Waals surface area contributed by atoms with Gasteiger partial charge in [0.05, 0.1) is 21.5 Å². The van der Waals surface area contributed by atoms with E-state index < -0.39 is 0 Å². The quantitative estimate of drug-likeness (QED) is 0.513. The molecule has 9 heteroatoms. The van der Waals surface area contributed by atoms with Gasteiger partial charge in [-0.25, -0.2) is 4.98 Å². The van der Waals surface area contributed by atoms with Gasteiger partial charge in [-0.05, 0) is 55.3 Å². The summed E-state index contributed by atoms with van der Waals surface area (Å²) in [5.41, 5.74) is 3.24. The van der Waals surface area contributed by atoms with Gasteiger partial charge in [0.15, 0.2) is 5.82 Å². The minimum Gasteiger partial charge on any atom is -0.367 e. The van der Waals surface area contributed by atoms with E-state index in [0.717, 1.165) is 53.5 Å². The summed E-state index contributed by atoms with van der Waals surface area (Å²) in [5, 5.41) is 15.3. The third-order valence-electron chi connectivity index (χ3n) is 6.98. The van der Waals surface area contributed by atoms with E-state index in [0.29, 0.717) is 30.6 Å². The van der Waals surface area contributed by atoms with E-state index in [4.69, 9.17) is 9.97 Å². The van der Waals surface area contributed by atoms with Crippen molar-refractivity contribution in [2.24, 2.45) is 0 Å². The number of nitrogens with one attached hydrogen (secondary N) is 1. The molecule has 0 radical (unpaired) electrons. The van der Waals surface area contributed by atoms with Gasteiger partial charge in [0.2, 0.25) is 11.9 Å². The van der Waals surface area contributed by atoms with Crippen molar-refractivity contribution in [1.82, 2.24) is 14.9 Å². The molecule has 0 atom stereocenters. The number of thiophene rings is 1. The first-order chi connectivity index (χ1) is 17.1. The van der Waals surface area contributed by atoms with Gasteiger partial charge in [-0.15, -0.1) is 11.3 Å². The number of piperazine rings is 1. The number of anilines is 4. The minimum absolute atomic E-state index is 0.0986. The molecule has 1 aliphatic heterocycles. The molecule has 1 saturated carbocycles. The van der Waals surface area contributed by atoms with Crippen molar-refractivity contribution in [3.8, 4) is 6.07 Å². The Balaban J connectivity index is 1.40. The number of amides is 1. The summed E-state index contributed by atoms with van der Waals surface area (Å²) in [6.07, 6.45) is 4.78. The Hall–Kier alpha value is -3.38. The number of hydrogen-bond acceptors (Lipinski definition) is 8. The molecule has 1 aromatic carbocycles. The van der Waals surface area contributed by atoms with Crippen LogP contribution in [0.1, 0.15) is 45.1 Å². The summed E-state index contributed by atoms with van der Waals surface area (Å²) in [6, 6.07) is 10.8. The number of fused-ring (bicyclic) bond motifs is 1. The van der Waals surface area contributed by atoms with Gasteiger partial charge >= 0.3 is 0 Å². The van der Waals surface area contributed by atoms with Crippen LogP contribution in [0.5, 0.6) is 0 Å². The Morgan fingerprint density at radius 2 is 2.03 bits per heavy atom. The van der Waals surface area contributed by atoms with Crippen molar-refractivity contribution in [1.29, 1.82) is 5.26 Å². The Morgan fingerprint density at radius 3 is 2.69 bits per heavy atom. The van der Waals surface area contributed by atoms with Crippen LogP contribution < -0.4 is 15.1 Å². The van der Waals surface area contributed by atoms with Crippen LogP contribution in [0.3, 0.4) is 0 Å². The molecule has 3 heterocycles. The predicted octanol–water partition coefficient (Wildman–Crippen LogP) is 4.74. The largest absolute Gasteiger partial charge is 0.367 e. The normalized spacial score (nSPS) is 16.1. The smallest absolute Gasteiger partial charge is 0.229 e. The fourth-order valence-corrected chi connectivity index (χ4v) is 5.71. The fourth-order valence-electron chi connectivity index (χ4n) is 4.87. The first-order valence-corrected chi connectivity index (χ1v) is 13.3. The van der Waals surface area contributed by atoms with Gasteiger partial charge in [-0.3, -0.25) is 4.79 Å². The van der Waals surface area contributed by atoms with E-state index in [1.54, 1.807) is 18.3 Å². The molecule has 1 amide bonds. The van der Waals surface area contributed by atoms with Crippen LogP contribution >= 0.6 is 11.3 Å². The summed E-state index contributed by atoms with van der Waals surface area (Å²) in [4.78, 5) is 27.8. The number of aromatic nitrogens is 2. The van der Waals surface area contributed by atoms with Crippen molar-refractivity contribution in [3.05, 3.63) is 35.2 Å². The Labute approximate surface area is 210 Å². The second kappa shape index (κ2) is 10.1. The summed E-state index contributed by atoms with van der Waals surface area (Å²) < 4.78 is 1.13. The Bertz CT molecular complexity index is 1250. The molecule has 182 valence electrons. The number of carbonyl (C=O) groups excluding carboxylic acids is 1. The van der Waals surface area contributed by atoms with Gasteiger partial charge in [-0.1, -0.05) is 6.92 Å². The van der Waals surface area contributed by atoms with Crippen molar-refractivity contribution in [2.75, 3.05) is 47.8 Å². The first kappa shape index (κ1) is 23.4. The second-order valence-corrected chi connectivity index (χ2v) is 10.2. The maximum absolute atomic E-state index is 11.6. The monoisotopic (exact) mass is 489 g/mol. The van der Waals surface area contributed by atoms with E-state index in [2.05, 4.69) is 33.5 Å². The van der Waals surface area contributed by atoms with E-state index in [9.17, 15) is 10.1 Å². The van der Waals surface area contributed by atoms with Crippen molar-refractivity contribution in [2.45, 2.75) is 45.6 Å². The molecule has 1 aliphatic carbocycles. The lowest BCUT2D eigenvalue weighted by atomic mass is 9.91. The van der Waals surface area contributed by atoms with Crippen LogP contribution in [-0.4, -0.2) is 59.5 Å². The molecule has 8 nitrogen and oxygen atoms in total. The summed E-state index contributed by atoms with van der Waals surface area (Å²) in [5.74, 6) is 1.67. The number of nitriles is 1. The number of benzene rings is 1. The average molecular weight is 490 g/mol. The zero-order valence-corrected chi connectivity index (χ0v) is 21.1. The molecular formula is C26H31N7OS. The number of carbonyl (C=O) groups is 1. The van der Waals surface area contributed by atoms with Crippen molar-refractivity contribution in [3.63, 3.8) is 0 Å². The lowest BCUT2D eigenvalue weighted by Crippen LogP contribution is -2.48. The SMILES string of the molecule is CCCN(c1nc(Nc2ccc(N3CCN(C(C)=O)CC3)c(C#N)c2)nc2ccsc12)C1CCC1. The lowest BCUT2D eigenvalue weighted by molar-refractivity contribution is -0.129. The molecule has 0 bridgehead atoms. The van der Waals surface area contributed by atoms with Gasteiger partial charge in [0, 0.05) is 51.4 Å². The molecule has 1 N–H and O–H groups in total. The molecule has 2 fully saturated rings. The van der Waals surface area contributed by atoms with Crippen LogP contribution in [0, 0.1) is 11.3 Å². The molecule has 0 unspecified atom stereocenters. The van der Waals surface area contributed by atoms with Crippen molar-refractivity contribution >= 4 is 50.6 Å². The topological polar surface area (TPSA) is 88.4 Å². The summed E-state index contributed by atoms with van der Waals surface area (Å²) in [7, 11) is 0. The van der Waals surface area contributed by atoms with Crippen molar-refractivity contribution < 1.29 is 4.79 Å². The maximum atomic E-state index is 11.6. The Kier molecular flexibility index (Phi) is 6.73. The zero-order valence-electron chi connectivity index (χ0n) is 20.3. The highest BCUT2D eigenvalue weighted by atomic mass is 32.1. The highest BCUT2D eigenvalue weighted by Crippen LogP contribution is 2.36. The molecule has 2 aromatic heterocycles. The number of nitrogens with zero attached hydrogens (tertiary/aromatic N) is 6. The minimum atomic E-state index is 0.0986. The highest BCUT2D eigenvalue weighted by molar-refractivity contribution is 7.17. The third-order valence-corrected chi connectivity index (χ3v) is 7.88. The molecule has 0 spiro atoms. The lowest BCUT2D eigenvalue weighted by Gasteiger charge is -2.38. The summed E-state index contributed by atoms with van der Waals surface area (Å²) in [6.45, 7) is 7.58. The number of hydrogen-bond donors (Lipinski definition) is 1. The van der Waals surface area contributed by atoms with E-state index in [1.165, 1.54) is 19.3 Å². The van der Waals surface area contributed by atoms with Crippen LogP contribution in [0.4, 0.5) is 23.1 Å². The molecule has 35 heavy (non-hydrogen) atoms. The van der Waals surface area contributed by atoms with Gasteiger partial charge in [0.25, 0.3) is 0 Å². The average Bonchev–Trinajstić information content (AvgIpc) is 3.31. The van der Waals surface area contributed by atoms with Crippen LogP contribution in [0.15, 0.2) is 29.6 Å². The van der Waals surface area contributed by atoms with Gasteiger partial charge in [-0.2, -0.15) is 10.2 Å². The highest BCUT2D eigenvalue weighted by Gasteiger charge is 2.28. The van der Waals surface area contributed by atoms with E-state index >= 15 is 0 Å². The summed E-state index contributed by atoms with van der Waals surface area (Å²) >= 11 is 1.69. The van der Waals surface area contributed by atoms with E-state index in [-0.39, 0.29) is 5.91 Å². The molecule has 2 aliphatic rings. The fraction of sp³-hybridized carbons (Fsp3) is 0.462. The van der Waals surface area contributed by atoms with Crippen LogP contribution in [0.2, 0.25) is 0 Å². The number of rotatable bonds is 7. The molecule has 1 saturated heterocycles. The van der Waals surface area contributed by atoms with Gasteiger partial charge in [0.1, 0.15) is 6.07 Å². The molecule has 5 rings (SSSR count). The third kappa shape index (κ3) is 4.76. The van der Waals surface area contributed by atoms with Crippen LogP contribution in [0.25, 0.3) is 10.2 Å². The zero-order chi connectivity index (χ0) is 24.4. The maximum Gasteiger partial charge on any atom is 0.229 e. The van der Waals surface area contributed by atoms with E-state index in [1.807, 2.05) is 29.2 Å². The van der Waals surface area contributed by atoms with Crippen LogP contribution in [-0.2, 0) is 4.79 Å². The Morgan fingerprint density at radius 1 is 1.23 bits per heavy atom. The second-order valence-electron chi connectivity index (χ2n) is 9.25. The standard InChI is InChI=1S/C26H31N7OS/c1-3-10-33(21-5-4-6-21)25-24-22(9-15-35-24)29-26(30-25)28-20-7-8-23(19(16-20)17-27)32-13-11-31(12-14-32)18(2)34/h7-9,15-16,21H,3-6,10-14H2,1-2H3,(H,28,29,30). The predicted molar refractivity (Wildman–Crippen MR) is 142 cm³/mol. The first-order valence-electron chi connectivity index (χ1n) is 12.4. The molecular weight excluding hydrogens is 458 g/mol. The molecule has 3 aromatic rings.